The van der Waals surface area contributed by atoms with Crippen LogP contribution < -0.4 is 10.7 Å². The van der Waals surface area contributed by atoms with Crippen molar-refractivity contribution in [2.45, 2.75) is 12.8 Å². The molecule has 25 heavy (non-hydrogen) atoms. The van der Waals surface area contributed by atoms with Crippen molar-refractivity contribution in [1.82, 2.24) is 5.43 Å². The van der Waals surface area contributed by atoms with Gasteiger partial charge in [0.05, 0.1) is 16.3 Å². The lowest BCUT2D eigenvalue weighted by molar-refractivity contribution is -0.124. The van der Waals surface area contributed by atoms with Gasteiger partial charge in [-0.15, -0.1) is 0 Å². The van der Waals surface area contributed by atoms with Gasteiger partial charge in [0.1, 0.15) is 5.82 Å². The third kappa shape index (κ3) is 6.17. The van der Waals surface area contributed by atoms with Crippen LogP contribution >= 0.6 is 23.2 Å². The molecule has 2 N–H and O–H groups in total. The Balaban J connectivity index is 1.77. The first-order valence-corrected chi connectivity index (χ1v) is 8.02. The molecule has 0 aromatic heterocycles. The minimum absolute atomic E-state index is 0.0361. The standard InChI is InChI=1S/C17H14Cl2FN3O2/c18-14-2-1-3-15(19)13(14)10-21-23-17(25)9-8-16(24)22-12-6-4-11(20)5-7-12/h1-7,10H,8-9H2,(H,22,24)(H,23,25)/b21-10+. The Labute approximate surface area is 153 Å². The maximum atomic E-state index is 12.8. The van der Waals surface area contributed by atoms with Crippen molar-refractivity contribution in [2.24, 2.45) is 5.10 Å². The molecule has 2 aromatic carbocycles. The zero-order chi connectivity index (χ0) is 18.2. The van der Waals surface area contributed by atoms with Gasteiger partial charge in [-0.05, 0) is 36.4 Å². The largest absolute Gasteiger partial charge is 0.326 e. The van der Waals surface area contributed by atoms with Crippen molar-refractivity contribution >= 4 is 46.9 Å². The van der Waals surface area contributed by atoms with Crippen LogP contribution in [-0.4, -0.2) is 18.0 Å². The number of hydrogen-bond acceptors (Lipinski definition) is 3. The maximum Gasteiger partial charge on any atom is 0.240 e. The summed E-state index contributed by atoms with van der Waals surface area (Å²) in [6.45, 7) is 0. The van der Waals surface area contributed by atoms with Crippen molar-refractivity contribution < 1.29 is 14.0 Å². The Morgan fingerprint density at radius 1 is 1.00 bits per heavy atom. The van der Waals surface area contributed by atoms with E-state index in [1.165, 1.54) is 30.5 Å². The molecule has 0 aliphatic heterocycles. The number of hydrazone groups is 1. The molecule has 0 radical (unpaired) electrons. The monoisotopic (exact) mass is 381 g/mol. The third-order valence-corrected chi connectivity index (χ3v) is 3.75. The number of anilines is 1. The summed E-state index contributed by atoms with van der Waals surface area (Å²) in [5, 5.41) is 7.14. The Bertz CT molecular complexity index is 775. The van der Waals surface area contributed by atoms with Crippen molar-refractivity contribution in [3.63, 3.8) is 0 Å². The normalized spacial score (nSPS) is 10.7. The van der Waals surface area contributed by atoms with Crippen LogP contribution in [0, 0.1) is 5.82 Å². The molecule has 0 spiro atoms. The van der Waals surface area contributed by atoms with Crippen LogP contribution in [0.25, 0.3) is 0 Å². The van der Waals surface area contributed by atoms with E-state index in [1.54, 1.807) is 18.2 Å². The average molecular weight is 382 g/mol. The molecule has 0 saturated carbocycles. The summed E-state index contributed by atoms with van der Waals surface area (Å²) >= 11 is 11.9. The van der Waals surface area contributed by atoms with E-state index < -0.39 is 11.7 Å². The number of rotatable bonds is 6. The summed E-state index contributed by atoms with van der Waals surface area (Å²) in [4.78, 5) is 23.4. The van der Waals surface area contributed by atoms with Crippen molar-refractivity contribution in [3.05, 3.63) is 63.9 Å². The molecule has 0 bridgehead atoms. The second-order valence-corrected chi connectivity index (χ2v) is 5.80. The minimum Gasteiger partial charge on any atom is -0.326 e. The van der Waals surface area contributed by atoms with E-state index >= 15 is 0 Å². The third-order valence-electron chi connectivity index (χ3n) is 3.09. The molecule has 2 amide bonds. The van der Waals surface area contributed by atoms with Crippen LogP contribution in [0.5, 0.6) is 0 Å². The molecular formula is C17H14Cl2FN3O2. The molecule has 8 heteroatoms. The Hall–Kier alpha value is -2.44. The number of carbonyl (C=O) groups is 2. The SMILES string of the molecule is O=C(CCC(=O)Nc1ccc(F)cc1)N/N=C/c1c(Cl)cccc1Cl. The molecule has 0 saturated heterocycles. The highest BCUT2D eigenvalue weighted by Gasteiger charge is 2.07. The molecule has 130 valence electrons. The van der Waals surface area contributed by atoms with Crippen molar-refractivity contribution in [1.29, 1.82) is 0 Å². The Kier molecular flexibility index (Phi) is 6.91. The lowest BCUT2D eigenvalue weighted by Crippen LogP contribution is -2.20. The van der Waals surface area contributed by atoms with Gasteiger partial charge in [0.2, 0.25) is 11.8 Å². The van der Waals surface area contributed by atoms with Gasteiger partial charge < -0.3 is 5.32 Å². The second kappa shape index (κ2) is 9.15. The number of halogens is 3. The highest BCUT2D eigenvalue weighted by Crippen LogP contribution is 2.21. The molecule has 0 aliphatic rings. The lowest BCUT2D eigenvalue weighted by atomic mass is 10.2. The first-order valence-electron chi connectivity index (χ1n) is 7.27. The van der Waals surface area contributed by atoms with Gasteiger partial charge in [-0.1, -0.05) is 29.3 Å². The summed E-state index contributed by atoms with van der Waals surface area (Å²) in [5.41, 5.74) is 3.24. The number of nitrogens with zero attached hydrogens (tertiary/aromatic N) is 1. The number of carbonyl (C=O) groups excluding carboxylic acids is 2. The summed E-state index contributed by atoms with van der Waals surface area (Å²) in [6, 6.07) is 10.3. The minimum atomic E-state index is -0.436. The fourth-order valence-electron chi connectivity index (χ4n) is 1.84. The molecule has 2 aromatic rings. The second-order valence-electron chi connectivity index (χ2n) is 4.98. The van der Waals surface area contributed by atoms with Crippen LogP contribution in [0.3, 0.4) is 0 Å². The molecule has 2 rings (SSSR count). The van der Waals surface area contributed by atoms with Gasteiger partial charge in [0.25, 0.3) is 0 Å². The van der Waals surface area contributed by atoms with Gasteiger partial charge in [0.15, 0.2) is 0 Å². The number of benzene rings is 2. The summed E-state index contributed by atoms with van der Waals surface area (Å²) in [6.07, 6.45) is 1.24. The van der Waals surface area contributed by atoms with E-state index in [-0.39, 0.29) is 18.7 Å². The van der Waals surface area contributed by atoms with Crippen LogP contribution in [0.2, 0.25) is 10.0 Å². The Morgan fingerprint density at radius 3 is 2.24 bits per heavy atom. The first kappa shape index (κ1) is 18.9. The molecule has 5 nitrogen and oxygen atoms in total. The number of hydrogen-bond donors (Lipinski definition) is 2. The van der Waals surface area contributed by atoms with Gasteiger partial charge in [0, 0.05) is 24.1 Å². The van der Waals surface area contributed by atoms with E-state index in [9.17, 15) is 14.0 Å². The van der Waals surface area contributed by atoms with Gasteiger partial charge in [-0.25, -0.2) is 9.82 Å². The smallest absolute Gasteiger partial charge is 0.240 e. The maximum absolute atomic E-state index is 12.8. The molecule has 0 atom stereocenters. The van der Waals surface area contributed by atoms with Crippen LogP contribution in [0.4, 0.5) is 10.1 Å². The van der Waals surface area contributed by atoms with Crippen molar-refractivity contribution in [2.75, 3.05) is 5.32 Å². The highest BCUT2D eigenvalue weighted by molar-refractivity contribution is 6.38. The van der Waals surface area contributed by atoms with Crippen LogP contribution in [0.1, 0.15) is 18.4 Å². The van der Waals surface area contributed by atoms with Crippen LogP contribution in [-0.2, 0) is 9.59 Å². The Morgan fingerprint density at radius 2 is 1.60 bits per heavy atom. The topological polar surface area (TPSA) is 70.6 Å². The van der Waals surface area contributed by atoms with E-state index in [0.29, 0.717) is 21.3 Å². The molecular weight excluding hydrogens is 368 g/mol. The van der Waals surface area contributed by atoms with E-state index in [2.05, 4.69) is 15.8 Å². The fraction of sp³-hybridized carbons (Fsp3) is 0.118. The predicted molar refractivity (Wildman–Crippen MR) is 96.5 cm³/mol. The number of amides is 2. The van der Waals surface area contributed by atoms with Gasteiger partial charge in [-0.3, -0.25) is 9.59 Å². The zero-order valence-corrected chi connectivity index (χ0v) is 14.4. The summed E-state index contributed by atoms with van der Waals surface area (Å²) in [7, 11) is 0. The fourth-order valence-corrected chi connectivity index (χ4v) is 2.34. The molecule has 0 aliphatic carbocycles. The molecule has 0 heterocycles. The first-order chi connectivity index (χ1) is 12.0. The molecule has 0 fully saturated rings. The molecule has 0 unspecified atom stereocenters. The quantitative estimate of drug-likeness (QED) is 0.586. The van der Waals surface area contributed by atoms with Gasteiger partial charge in [-0.2, -0.15) is 5.10 Å². The lowest BCUT2D eigenvalue weighted by Gasteiger charge is -2.05. The van der Waals surface area contributed by atoms with E-state index in [1.807, 2.05) is 0 Å². The average Bonchev–Trinajstić information content (AvgIpc) is 2.58. The summed E-state index contributed by atoms with van der Waals surface area (Å²) in [5.74, 6) is -1.19. The van der Waals surface area contributed by atoms with Crippen molar-refractivity contribution in [3.8, 4) is 0 Å². The number of nitrogens with one attached hydrogen (secondary N) is 2. The van der Waals surface area contributed by atoms with E-state index in [4.69, 9.17) is 23.2 Å². The summed E-state index contributed by atoms with van der Waals surface area (Å²) < 4.78 is 12.8. The predicted octanol–water partition coefficient (Wildman–Crippen LogP) is 4.00. The zero-order valence-electron chi connectivity index (χ0n) is 12.9. The highest BCUT2D eigenvalue weighted by atomic mass is 35.5. The van der Waals surface area contributed by atoms with E-state index in [0.717, 1.165) is 0 Å². The van der Waals surface area contributed by atoms with Crippen LogP contribution in [0.15, 0.2) is 47.6 Å². The van der Waals surface area contributed by atoms with Gasteiger partial charge >= 0.3 is 0 Å².